The third-order valence-electron chi connectivity index (χ3n) is 3.54. The first-order valence-electron chi connectivity index (χ1n) is 6.18. The molecule has 1 rings (SSSR count). The van der Waals surface area contributed by atoms with E-state index in [-0.39, 0.29) is 0 Å². The van der Waals surface area contributed by atoms with E-state index in [0.717, 1.165) is 12.1 Å². The fourth-order valence-electron chi connectivity index (χ4n) is 1.82. The lowest BCUT2D eigenvalue weighted by atomic mass is 10.1. The first-order chi connectivity index (χ1) is 8.06. The van der Waals surface area contributed by atoms with E-state index < -0.39 is 0 Å². The van der Waals surface area contributed by atoms with Gasteiger partial charge in [0.05, 0.1) is 0 Å². The van der Waals surface area contributed by atoms with Crippen LogP contribution in [0, 0.1) is 0 Å². The molecule has 0 aromatic heterocycles. The van der Waals surface area contributed by atoms with Crippen molar-refractivity contribution in [2.24, 2.45) is 0 Å². The molecule has 2 unspecified atom stereocenters. The van der Waals surface area contributed by atoms with E-state index in [1.165, 1.54) is 5.56 Å². The van der Waals surface area contributed by atoms with Crippen LogP contribution in [-0.2, 0) is 6.42 Å². The molecule has 2 heteroatoms. The predicted octanol–water partition coefficient (Wildman–Crippen LogP) is 2.67. The Hall–Kier alpha value is -1.28. The number of rotatable bonds is 6. The maximum absolute atomic E-state index is 4.19. The highest BCUT2D eigenvalue weighted by atomic mass is 15.2. The summed E-state index contributed by atoms with van der Waals surface area (Å²) in [4.78, 5) is 2.26. The molecule has 0 aliphatic rings. The molecule has 94 valence electrons. The first kappa shape index (κ1) is 13.8. The molecular weight excluding hydrogens is 208 g/mol. The highest BCUT2D eigenvalue weighted by Gasteiger charge is 2.16. The van der Waals surface area contributed by atoms with Gasteiger partial charge in [0.25, 0.3) is 0 Å². The predicted molar refractivity (Wildman–Crippen MR) is 75.0 cm³/mol. The quantitative estimate of drug-likeness (QED) is 0.811. The van der Waals surface area contributed by atoms with E-state index in [1.54, 1.807) is 0 Å². The lowest BCUT2D eigenvalue weighted by molar-refractivity contribution is 0.266. The molecule has 2 nitrogen and oxygen atoms in total. The molecule has 17 heavy (non-hydrogen) atoms. The lowest BCUT2D eigenvalue weighted by Crippen LogP contribution is -2.43. The summed E-state index contributed by atoms with van der Waals surface area (Å²) in [6.07, 6.45) is 0.915. The maximum atomic E-state index is 4.19. The molecule has 0 aliphatic heterocycles. The Morgan fingerprint density at radius 2 is 1.88 bits per heavy atom. The van der Waals surface area contributed by atoms with Gasteiger partial charge in [-0.2, -0.15) is 0 Å². The molecule has 0 spiro atoms. The number of benzene rings is 1. The molecule has 0 amide bonds. The Kier molecular flexibility index (Phi) is 5.23. The van der Waals surface area contributed by atoms with E-state index >= 15 is 0 Å². The molecule has 0 radical (unpaired) electrons. The molecule has 1 aromatic rings. The van der Waals surface area contributed by atoms with Gasteiger partial charge in [0.15, 0.2) is 0 Å². The zero-order valence-electron chi connectivity index (χ0n) is 11.4. The van der Waals surface area contributed by atoms with Crippen molar-refractivity contribution in [1.29, 1.82) is 0 Å². The van der Waals surface area contributed by atoms with Crippen molar-refractivity contribution in [3.63, 3.8) is 0 Å². The topological polar surface area (TPSA) is 15.3 Å². The van der Waals surface area contributed by atoms with Gasteiger partial charge < -0.3 is 10.2 Å². The van der Waals surface area contributed by atoms with Gasteiger partial charge in [0.2, 0.25) is 0 Å². The Morgan fingerprint density at radius 3 is 2.41 bits per heavy atom. The van der Waals surface area contributed by atoms with E-state index in [4.69, 9.17) is 0 Å². The third kappa shape index (κ3) is 3.90. The Labute approximate surface area is 105 Å². The smallest absolute Gasteiger partial charge is 0.0405 e. The van der Waals surface area contributed by atoms with Crippen LogP contribution in [0.25, 0.3) is 0 Å². The van der Waals surface area contributed by atoms with Gasteiger partial charge in [-0.1, -0.05) is 36.9 Å². The molecule has 2 atom stereocenters. The van der Waals surface area contributed by atoms with Crippen LogP contribution in [0.2, 0.25) is 0 Å². The Morgan fingerprint density at radius 1 is 1.29 bits per heavy atom. The first-order valence-corrected chi connectivity index (χ1v) is 6.18. The SMILES string of the molecule is C=C(Cc1ccccc1)N(C)C(C)C(C)NC. The van der Waals surface area contributed by atoms with Crippen molar-refractivity contribution >= 4 is 0 Å². The number of allylic oxidation sites excluding steroid dienone is 1. The van der Waals surface area contributed by atoms with Gasteiger partial charge in [-0.05, 0) is 26.5 Å². The minimum Gasteiger partial charge on any atom is -0.374 e. The normalized spacial score (nSPS) is 14.1. The van der Waals surface area contributed by atoms with E-state index in [9.17, 15) is 0 Å². The van der Waals surface area contributed by atoms with Crippen LogP contribution in [0.1, 0.15) is 19.4 Å². The zero-order valence-corrected chi connectivity index (χ0v) is 11.4. The Balaban J connectivity index is 2.59. The van der Waals surface area contributed by atoms with Crippen LogP contribution in [0.3, 0.4) is 0 Å². The van der Waals surface area contributed by atoms with Crippen LogP contribution in [0.5, 0.6) is 0 Å². The number of hydrogen-bond acceptors (Lipinski definition) is 2. The molecule has 0 heterocycles. The average Bonchev–Trinajstić information content (AvgIpc) is 2.37. The van der Waals surface area contributed by atoms with E-state index in [2.05, 4.69) is 62.0 Å². The highest BCUT2D eigenvalue weighted by molar-refractivity contribution is 5.20. The number of likely N-dealkylation sites (N-methyl/N-ethyl adjacent to an activating group) is 2. The second kappa shape index (κ2) is 6.45. The van der Waals surface area contributed by atoms with Gasteiger partial charge in [-0.15, -0.1) is 0 Å². The van der Waals surface area contributed by atoms with Gasteiger partial charge in [0.1, 0.15) is 0 Å². The third-order valence-corrected chi connectivity index (χ3v) is 3.54. The minimum atomic E-state index is 0.441. The number of nitrogens with one attached hydrogen (secondary N) is 1. The van der Waals surface area contributed by atoms with Crippen molar-refractivity contribution in [2.45, 2.75) is 32.4 Å². The molecule has 0 bridgehead atoms. The minimum absolute atomic E-state index is 0.441. The van der Waals surface area contributed by atoms with Gasteiger partial charge in [-0.25, -0.2) is 0 Å². The van der Waals surface area contributed by atoms with Crippen molar-refractivity contribution in [3.8, 4) is 0 Å². The van der Waals surface area contributed by atoms with Gasteiger partial charge >= 0.3 is 0 Å². The second-order valence-corrected chi connectivity index (χ2v) is 4.66. The molecule has 1 N–H and O–H groups in total. The van der Waals surface area contributed by atoms with Crippen molar-refractivity contribution in [2.75, 3.05) is 14.1 Å². The summed E-state index contributed by atoms with van der Waals surface area (Å²) in [5, 5.41) is 3.28. The summed E-state index contributed by atoms with van der Waals surface area (Å²) in [6.45, 7) is 8.60. The number of nitrogens with zero attached hydrogens (tertiary/aromatic N) is 1. The van der Waals surface area contributed by atoms with Crippen molar-refractivity contribution in [1.82, 2.24) is 10.2 Å². The van der Waals surface area contributed by atoms with Crippen LogP contribution < -0.4 is 5.32 Å². The molecule has 0 aliphatic carbocycles. The molecular formula is C15H24N2. The molecule has 0 fully saturated rings. The summed E-state index contributed by atoms with van der Waals surface area (Å²) in [5.41, 5.74) is 2.47. The van der Waals surface area contributed by atoms with Crippen LogP contribution in [0.15, 0.2) is 42.6 Å². The van der Waals surface area contributed by atoms with Crippen molar-refractivity contribution < 1.29 is 0 Å². The molecule has 1 aromatic carbocycles. The van der Waals surface area contributed by atoms with Gasteiger partial charge in [-0.3, -0.25) is 0 Å². The van der Waals surface area contributed by atoms with Crippen LogP contribution in [-0.4, -0.2) is 31.1 Å². The Bertz CT molecular complexity index is 345. The monoisotopic (exact) mass is 232 g/mol. The standard InChI is InChI=1S/C15H24N2/c1-12(11-15-9-7-6-8-10-15)17(5)14(3)13(2)16-4/h6-10,13-14,16H,1,11H2,2-5H3. The van der Waals surface area contributed by atoms with E-state index in [1.807, 2.05) is 13.1 Å². The average molecular weight is 232 g/mol. The molecule has 0 saturated carbocycles. The fourth-order valence-corrected chi connectivity index (χ4v) is 1.82. The zero-order chi connectivity index (χ0) is 12.8. The van der Waals surface area contributed by atoms with Gasteiger partial charge in [0, 0.05) is 31.2 Å². The van der Waals surface area contributed by atoms with Crippen LogP contribution in [0.4, 0.5) is 0 Å². The highest BCUT2D eigenvalue weighted by Crippen LogP contribution is 2.13. The van der Waals surface area contributed by atoms with E-state index in [0.29, 0.717) is 12.1 Å². The van der Waals surface area contributed by atoms with Crippen molar-refractivity contribution in [3.05, 3.63) is 48.2 Å². The largest absolute Gasteiger partial charge is 0.374 e. The van der Waals surface area contributed by atoms with Crippen LogP contribution >= 0.6 is 0 Å². The second-order valence-electron chi connectivity index (χ2n) is 4.66. The fraction of sp³-hybridized carbons (Fsp3) is 0.467. The summed E-state index contributed by atoms with van der Waals surface area (Å²) in [7, 11) is 4.11. The summed E-state index contributed by atoms with van der Waals surface area (Å²) in [5.74, 6) is 0. The lowest BCUT2D eigenvalue weighted by Gasteiger charge is -2.33. The molecule has 0 saturated heterocycles. The summed E-state index contributed by atoms with van der Waals surface area (Å²) in [6, 6.07) is 11.4. The summed E-state index contributed by atoms with van der Waals surface area (Å²) < 4.78 is 0. The number of hydrogen-bond donors (Lipinski definition) is 1. The maximum Gasteiger partial charge on any atom is 0.0405 e. The summed E-state index contributed by atoms with van der Waals surface area (Å²) >= 11 is 0.